The minimum atomic E-state index is 1.28. The van der Waals surface area contributed by atoms with Crippen LogP contribution in [0.25, 0.3) is 0 Å². The van der Waals surface area contributed by atoms with E-state index < -0.39 is 0 Å². The molecule has 0 aliphatic carbocycles. The van der Waals surface area contributed by atoms with Gasteiger partial charge in [0, 0.05) is 0 Å². The van der Waals surface area contributed by atoms with Gasteiger partial charge in [0.2, 0.25) is 0 Å². The summed E-state index contributed by atoms with van der Waals surface area (Å²) in [6.07, 6.45) is 1.51. The van der Waals surface area contributed by atoms with Gasteiger partial charge in [-0.1, -0.05) is 5.57 Å². The summed E-state index contributed by atoms with van der Waals surface area (Å²) in [6.45, 7) is 4.09. The molecule has 0 aromatic carbocycles. The third-order valence-corrected chi connectivity index (χ3v) is 0.652. The number of nitrogens with two attached hydrogens (primary N) is 1. The fourth-order valence-corrected chi connectivity index (χ4v) is 0.312. The Hall–Kier alpha value is -0.655. The zero-order chi connectivity index (χ0) is 6.41. The SMILES string of the molecule is CC(C)=C[B]/C=C\N. The van der Waals surface area contributed by atoms with E-state index in [0.717, 1.165) is 0 Å². The molecule has 8 heavy (non-hydrogen) atoms. The highest BCUT2D eigenvalue weighted by atomic mass is 14.5. The molecule has 0 heterocycles. The van der Waals surface area contributed by atoms with E-state index in [1.54, 1.807) is 5.98 Å². The second kappa shape index (κ2) is 4.50. The molecule has 2 N–H and O–H groups in total. The topological polar surface area (TPSA) is 26.0 Å². The van der Waals surface area contributed by atoms with E-state index in [4.69, 9.17) is 5.73 Å². The van der Waals surface area contributed by atoms with E-state index in [-0.39, 0.29) is 0 Å². The second-order valence-electron chi connectivity index (χ2n) is 1.82. The molecule has 0 bridgehead atoms. The van der Waals surface area contributed by atoms with Crippen LogP contribution in [0.5, 0.6) is 0 Å². The van der Waals surface area contributed by atoms with Crippen molar-refractivity contribution < 1.29 is 0 Å². The van der Waals surface area contributed by atoms with Gasteiger partial charge in [-0.3, -0.25) is 0 Å². The first-order valence-electron chi connectivity index (χ1n) is 2.62. The van der Waals surface area contributed by atoms with Crippen molar-refractivity contribution in [2.24, 2.45) is 5.73 Å². The maximum atomic E-state index is 5.07. The van der Waals surface area contributed by atoms with Crippen LogP contribution in [0.4, 0.5) is 0 Å². The van der Waals surface area contributed by atoms with E-state index in [9.17, 15) is 0 Å². The van der Waals surface area contributed by atoms with E-state index >= 15 is 0 Å². The van der Waals surface area contributed by atoms with E-state index in [2.05, 4.69) is 0 Å². The Balaban J connectivity index is 3.30. The molecule has 0 aliphatic heterocycles. The lowest BCUT2D eigenvalue weighted by molar-refractivity contribution is 1.41. The molecule has 0 rings (SSSR count). The van der Waals surface area contributed by atoms with Gasteiger partial charge in [-0.25, -0.2) is 0 Å². The molecule has 0 saturated carbocycles. The standard InChI is InChI=1S/C6H11BN/c1-6(2)5-7-3-4-8/h3-5H,8H2,1-2H3/b4-3-. The van der Waals surface area contributed by atoms with Crippen molar-refractivity contribution in [2.45, 2.75) is 13.8 Å². The second-order valence-corrected chi connectivity index (χ2v) is 1.82. The lowest BCUT2D eigenvalue weighted by Crippen LogP contribution is -1.83. The summed E-state index contributed by atoms with van der Waals surface area (Å²) < 4.78 is 0. The van der Waals surface area contributed by atoms with Gasteiger partial charge in [-0.2, -0.15) is 0 Å². The summed E-state index contributed by atoms with van der Waals surface area (Å²) in [5.41, 5.74) is 6.35. The van der Waals surface area contributed by atoms with Gasteiger partial charge in [0.15, 0.2) is 7.28 Å². The molecule has 0 saturated heterocycles. The highest BCUT2D eigenvalue weighted by Crippen LogP contribution is 1.84. The quantitative estimate of drug-likeness (QED) is 0.525. The summed E-state index contributed by atoms with van der Waals surface area (Å²) in [5.74, 6) is 3.80. The Kier molecular flexibility index (Phi) is 4.13. The zero-order valence-corrected chi connectivity index (χ0v) is 5.39. The molecule has 0 spiro atoms. The Morgan fingerprint density at radius 3 is 2.50 bits per heavy atom. The van der Waals surface area contributed by atoms with Crippen molar-refractivity contribution in [3.05, 3.63) is 23.7 Å². The van der Waals surface area contributed by atoms with Crippen molar-refractivity contribution in [2.75, 3.05) is 0 Å². The first-order valence-corrected chi connectivity index (χ1v) is 2.62. The van der Waals surface area contributed by atoms with Gasteiger partial charge in [-0.15, -0.1) is 12.0 Å². The zero-order valence-electron chi connectivity index (χ0n) is 5.39. The summed E-state index contributed by atoms with van der Waals surface area (Å²) in [7, 11) is 1.91. The van der Waals surface area contributed by atoms with E-state index in [1.807, 2.05) is 27.1 Å². The smallest absolute Gasteiger partial charge is 0.173 e. The lowest BCUT2D eigenvalue weighted by Gasteiger charge is -1.81. The van der Waals surface area contributed by atoms with Crippen LogP contribution in [-0.4, -0.2) is 7.28 Å². The highest BCUT2D eigenvalue weighted by Gasteiger charge is 1.74. The van der Waals surface area contributed by atoms with Gasteiger partial charge < -0.3 is 5.73 Å². The molecule has 0 aliphatic rings. The highest BCUT2D eigenvalue weighted by molar-refractivity contribution is 6.48. The Labute approximate surface area is 51.5 Å². The molecule has 0 unspecified atom stereocenters. The van der Waals surface area contributed by atoms with Crippen LogP contribution in [-0.2, 0) is 0 Å². The predicted octanol–water partition coefficient (Wildman–Crippen LogP) is 1.04. The number of hydrogen-bond acceptors (Lipinski definition) is 1. The largest absolute Gasteiger partial charge is 0.405 e. The molecule has 1 radical (unpaired) electrons. The predicted molar refractivity (Wildman–Crippen MR) is 38.5 cm³/mol. The lowest BCUT2D eigenvalue weighted by atomic mass is 9.77. The molecule has 0 fully saturated rings. The average Bonchev–Trinajstić information content (AvgIpc) is 1.66. The molecular weight excluding hydrogens is 96.9 g/mol. The van der Waals surface area contributed by atoms with Crippen molar-refractivity contribution in [1.82, 2.24) is 0 Å². The van der Waals surface area contributed by atoms with Gasteiger partial charge in [-0.05, 0) is 20.0 Å². The monoisotopic (exact) mass is 108 g/mol. The Morgan fingerprint density at radius 2 is 2.12 bits per heavy atom. The molecule has 0 atom stereocenters. The van der Waals surface area contributed by atoms with Crippen molar-refractivity contribution in [3.63, 3.8) is 0 Å². The fraction of sp³-hybridized carbons (Fsp3) is 0.333. The molecule has 2 heteroatoms. The van der Waals surface area contributed by atoms with Crippen LogP contribution in [0.2, 0.25) is 0 Å². The number of hydrogen-bond donors (Lipinski definition) is 1. The van der Waals surface area contributed by atoms with E-state index in [0.29, 0.717) is 0 Å². The van der Waals surface area contributed by atoms with Crippen LogP contribution in [0.15, 0.2) is 23.7 Å². The Morgan fingerprint density at radius 1 is 1.50 bits per heavy atom. The summed E-state index contributed by atoms with van der Waals surface area (Å²) in [5, 5.41) is 0. The van der Waals surface area contributed by atoms with Crippen LogP contribution in [0.3, 0.4) is 0 Å². The fourth-order valence-electron chi connectivity index (χ4n) is 0.312. The van der Waals surface area contributed by atoms with Crippen LogP contribution < -0.4 is 5.73 Å². The minimum Gasteiger partial charge on any atom is -0.405 e. The molecule has 1 nitrogen and oxygen atoms in total. The Bertz CT molecular complexity index is 101. The van der Waals surface area contributed by atoms with Crippen molar-refractivity contribution in [1.29, 1.82) is 0 Å². The number of rotatable bonds is 2. The maximum Gasteiger partial charge on any atom is 0.173 e. The van der Waals surface area contributed by atoms with Gasteiger partial charge >= 0.3 is 0 Å². The van der Waals surface area contributed by atoms with Crippen LogP contribution in [0.1, 0.15) is 13.8 Å². The third kappa shape index (κ3) is 5.34. The van der Waals surface area contributed by atoms with Gasteiger partial charge in [0.1, 0.15) is 0 Å². The van der Waals surface area contributed by atoms with E-state index in [1.165, 1.54) is 11.8 Å². The minimum absolute atomic E-state index is 1.28. The molecule has 0 amide bonds. The molecule has 0 aromatic heterocycles. The third-order valence-electron chi connectivity index (χ3n) is 0.652. The van der Waals surface area contributed by atoms with Crippen LogP contribution in [0, 0.1) is 0 Å². The number of allylic oxidation sites excluding steroid dienone is 1. The summed E-state index contributed by atoms with van der Waals surface area (Å²) in [4.78, 5) is 0. The first-order chi connectivity index (χ1) is 3.77. The molecule has 0 aromatic rings. The first kappa shape index (κ1) is 7.34. The maximum absolute atomic E-state index is 5.07. The summed E-state index contributed by atoms with van der Waals surface area (Å²) >= 11 is 0. The summed E-state index contributed by atoms with van der Waals surface area (Å²) in [6, 6.07) is 0. The molecule has 43 valence electrons. The van der Waals surface area contributed by atoms with Gasteiger partial charge in [0.05, 0.1) is 0 Å². The van der Waals surface area contributed by atoms with Crippen molar-refractivity contribution >= 4 is 7.28 Å². The average molecular weight is 108 g/mol. The van der Waals surface area contributed by atoms with Crippen LogP contribution >= 0.6 is 0 Å². The van der Waals surface area contributed by atoms with Gasteiger partial charge in [0.25, 0.3) is 0 Å². The van der Waals surface area contributed by atoms with Crippen molar-refractivity contribution in [3.8, 4) is 0 Å². The normalized spacial score (nSPS) is 9.25. The molecular formula is C6H11BN.